The number of sulfonamides is 1. The summed E-state index contributed by atoms with van der Waals surface area (Å²) in [5.41, 5.74) is 1.98. The summed E-state index contributed by atoms with van der Waals surface area (Å²) < 4.78 is 30.9. The molecule has 0 spiro atoms. The number of benzene rings is 2. The summed E-state index contributed by atoms with van der Waals surface area (Å²) in [5.74, 6) is 2.23. The Bertz CT molecular complexity index is 807. The maximum atomic E-state index is 12.2. The number of methoxy groups -OCH3 is 1. The zero-order valence-corrected chi connectivity index (χ0v) is 16.2. The monoisotopic (exact) mass is 385 g/mol. The maximum absolute atomic E-state index is 12.2. The van der Waals surface area contributed by atoms with Gasteiger partial charge in [0, 0.05) is 36.2 Å². The summed E-state index contributed by atoms with van der Waals surface area (Å²) in [6.45, 7) is 0. The maximum Gasteiger partial charge on any atom is 0.242 e. The Hall–Kier alpha value is -1.21. The van der Waals surface area contributed by atoms with Gasteiger partial charge >= 0.3 is 0 Å². The molecule has 2 aromatic carbocycles. The van der Waals surface area contributed by atoms with Crippen LogP contribution in [0.5, 0.6) is 5.75 Å². The fraction of sp³-hybridized carbons (Fsp3) is 0.294. The van der Waals surface area contributed by atoms with E-state index in [1.165, 1.54) is 18.4 Å². The Morgan fingerprint density at radius 2 is 1.88 bits per heavy atom. The normalized spacial score (nSPS) is 11.7. The van der Waals surface area contributed by atoms with Gasteiger partial charge in [-0.25, -0.2) is 12.7 Å². The van der Waals surface area contributed by atoms with Crippen LogP contribution in [-0.2, 0) is 21.5 Å². The van der Waals surface area contributed by atoms with Crippen LogP contribution in [0.2, 0.25) is 5.02 Å². The van der Waals surface area contributed by atoms with Crippen molar-refractivity contribution in [3.63, 3.8) is 0 Å². The van der Waals surface area contributed by atoms with Gasteiger partial charge in [0.15, 0.2) is 0 Å². The van der Waals surface area contributed by atoms with Crippen LogP contribution in [0.15, 0.2) is 47.4 Å². The molecule has 24 heavy (non-hydrogen) atoms. The van der Waals surface area contributed by atoms with E-state index in [1.54, 1.807) is 43.1 Å². The van der Waals surface area contributed by atoms with E-state index in [2.05, 4.69) is 0 Å². The molecule has 2 aromatic rings. The topological polar surface area (TPSA) is 46.6 Å². The van der Waals surface area contributed by atoms with Gasteiger partial charge in [0.2, 0.25) is 10.0 Å². The third kappa shape index (κ3) is 4.66. The van der Waals surface area contributed by atoms with Gasteiger partial charge in [-0.2, -0.15) is 11.8 Å². The van der Waals surface area contributed by atoms with Crippen LogP contribution >= 0.6 is 23.4 Å². The quantitative estimate of drug-likeness (QED) is 0.721. The number of thioether (sulfide) groups is 1. The minimum absolute atomic E-state index is 0.311. The van der Waals surface area contributed by atoms with Crippen LogP contribution in [0.1, 0.15) is 11.1 Å². The summed E-state index contributed by atoms with van der Waals surface area (Å²) in [7, 11) is 1.29. The lowest BCUT2D eigenvalue weighted by atomic mass is 10.2. The van der Waals surface area contributed by atoms with Gasteiger partial charge in [-0.15, -0.1) is 0 Å². The molecule has 130 valence electrons. The zero-order valence-electron chi connectivity index (χ0n) is 13.8. The molecule has 0 atom stereocenters. The molecule has 0 saturated heterocycles. The van der Waals surface area contributed by atoms with Crippen LogP contribution in [0.3, 0.4) is 0 Å². The standard InChI is InChI=1S/C17H20ClNO3S2/c1-19(2)24(20,21)16-6-4-5-13(9-16)11-23-12-14-10-15(18)7-8-17(14)22-3/h4-10H,11-12H2,1-3H3. The highest BCUT2D eigenvalue weighted by atomic mass is 35.5. The van der Waals surface area contributed by atoms with Crippen molar-refractivity contribution in [2.45, 2.75) is 16.4 Å². The Morgan fingerprint density at radius 1 is 1.12 bits per heavy atom. The molecular formula is C17H20ClNO3S2. The highest BCUT2D eigenvalue weighted by Gasteiger charge is 2.17. The molecule has 7 heteroatoms. The van der Waals surface area contributed by atoms with Crippen LogP contribution in [0, 0.1) is 0 Å². The molecule has 0 aromatic heterocycles. The van der Waals surface area contributed by atoms with E-state index in [1.807, 2.05) is 18.2 Å². The van der Waals surface area contributed by atoms with Crippen molar-refractivity contribution in [3.05, 3.63) is 58.6 Å². The molecule has 0 aliphatic carbocycles. The second-order valence-corrected chi connectivity index (χ2v) is 8.96. The van der Waals surface area contributed by atoms with Gasteiger partial charge in [0.25, 0.3) is 0 Å². The Labute approximate surface area is 152 Å². The highest BCUT2D eigenvalue weighted by Crippen LogP contribution is 2.28. The van der Waals surface area contributed by atoms with Crippen LogP contribution in [-0.4, -0.2) is 33.9 Å². The molecule has 0 radical (unpaired) electrons. The van der Waals surface area contributed by atoms with Crippen molar-refractivity contribution in [2.24, 2.45) is 0 Å². The molecule has 0 unspecified atom stereocenters. The third-order valence-electron chi connectivity index (χ3n) is 3.45. The molecule has 4 nitrogen and oxygen atoms in total. The second-order valence-electron chi connectivity index (χ2n) is 5.38. The predicted molar refractivity (Wildman–Crippen MR) is 100 cm³/mol. The smallest absolute Gasteiger partial charge is 0.242 e. The average Bonchev–Trinajstić information content (AvgIpc) is 2.55. The van der Waals surface area contributed by atoms with Gasteiger partial charge in [-0.1, -0.05) is 23.7 Å². The molecule has 2 rings (SSSR count). The van der Waals surface area contributed by atoms with Crippen molar-refractivity contribution in [2.75, 3.05) is 21.2 Å². The fourth-order valence-corrected chi connectivity index (χ4v) is 4.28. The number of halogens is 1. The van der Waals surface area contributed by atoms with E-state index < -0.39 is 10.0 Å². The molecule has 0 aliphatic rings. The van der Waals surface area contributed by atoms with Crippen molar-refractivity contribution in [3.8, 4) is 5.75 Å². The molecule has 0 bridgehead atoms. The predicted octanol–water partition coefficient (Wildman–Crippen LogP) is 4.03. The summed E-state index contributed by atoms with van der Waals surface area (Å²) in [6.07, 6.45) is 0. The fourth-order valence-electron chi connectivity index (χ4n) is 2.15. The van der Waals surface area contributed by atoms with E-state index in [0.717, 1.165) is 22.6 Å². The summed E-state index contributed by atoms with van der Waals surface area (Å²) in [5, 5.41) is 0.672. The molecule has 0 amide bonds. The van der Waals surface area contributed by atoms with E-state index >= 15 is 0 Å². The Morgan fingerprint density at radius 3 is 2.54 bits per heavy atom. The number of rotatable bonds is 7. The molecule has 0 heterocycles. The van der Waals surface area contributed by atoms with Crippen molar-refractivity contribution >= 4 is 33.4 Å². The lowest BCUT2D eigenvalue weighted by Crippen LogP contribution is -2.22. The molecule has 0 fully saturated rings. The van der Waals surface area contributed by atoms with Crippen LogP contribution in [0.4, 0.5) is 0 Å². The zero-order chi connectivity index (χ0) is 17.7. The largest absolute Gasteiger partial charge is 0.496 e. The minimum Gasteiger partial charge on any atom is -0.496 e. The Balaban J connectivity index is 2.07. The van der Waals surface area contributed by atoms with Gasteiger partial charge in [-0.05, 0) is 35.9 Å². The van der Waals surface area contributed by atoms with Crippen molar-refractivity contribution in [1.29, 1.82) is 0 Å². The van der Waals surface area contributed by atoms with E-state index in [9.17, 15) is 8.42 Å². The van der Waals surface area contributed by atoms with Crippen molar-refractivity contribution < 1.29 is 13.2 Å². The molecule has 0 aliphatic heterocycles. The number of nitrogens with zero attached hydrogens (tertiary/aromatic N) is 1. The van der Waals surface area contributed by atoms with Gasteiger partial charge in [-0.3, -0.25) is 0 Å². The lowest BCUT2D eigenvalue weighted by Gasteiger charge is -2.12. The first kappa shape index (κ1) is 19.1. The van der Waals surface area contributed by atoms with Gasteiger partial charge in [0.1, 0.15) is 5.75 Å². The van der Waals surface area contributed by atoms with Gasteiger partial charge in [0.05, 0.1) is 12.0 Å². The van der Waals surface area contributed by atoms with Gasteiger partial charge < -0.3 is 4.74 Å². The minimum atomic E-state index is -3.41. The summed E-state index contributed by atoms with van der Waals surface area (Å²) in [4.78, 5) is 0.311. The van der Waals surface area contributed by atoms with E-state index in [4.69, 9.17) is 16.3 Å². The molecular weight excluding hydrogens is 366 g/mol. The highest BCUT2D eigenvalue weighted by molar-refractivity contribution is 7.97. The Kier molecular flexibility index (Phi) is 6.57. The molecule has 0 saturated carbocycles. The van der Waals surface area contributed by atoms with Crippen molar-refractivity contribution in [1.82, 2.24) is 4.31 Å². The first-order valence-corrected chi connectivity index (χ1v) is 10.2. The number of ether oxygens (including phenoxy) is 1. The number of hydrogen-bond donors (Lipinski definition) is 0. The first-order chi connectivity index (χ1) is 11.3. The second kappa shape index (κ2) is 8.25. The van der Waals surface area contributed by atoms with Crippen LogP contribution < -0.4 is 4.74 Å². The SMILES string of the molecule is COc1ccc(Cl)cc1CSCc1cccc(S(=O)(=O)N(C)C)c1. The molecule has 0 N–H and O–H groups in total. The summed E-state index contributed by atoms with van der Waals surface area (Å²) >= 11 is 7.71. The lowest BCUT2D eigenvalue weighted by molar-refractivity contribution is 0.411. The first-order valence-electron chi connectivity index (χ1n) is 7.26. The van der Waals surface area contributed by atoms with E-state index in [-0.39, 0.29) is 0 Å². The van der Waals surface area contributed by atoms with Crippen LogP contribution in [0.25, 0.3) is 0 Å². The average molecular weight is 386 g/mol. The number of hydrogen-bond acceptors (Lipinski definition) is 4. The summed E-state index contributed by atoms with van der Waals surface area (Å²) in [6, 6.07) is 12.6. The third-order valence-corrected chi connectivity index (χ3v) is 6.54. The van der Waals surface area contributed by atoms with E-state index in [0.29, 0.717) is 15.7 Å².